The average Bonchev–Trinajstić information content (AvgIpc) is 3.24. The summed E-state index contributed by atoms with van der Waals surface area (Å²) in [5, 5.41) is 10.7. The molecule has 154 valence electrons. The van der Waals surface area contributed by atoms with Gasteiger partial charge in [0.05, 0.1) is 0 Å². The lowest BCUT2D eigenvalue weighted by Gasteiger charge is -2.34. The topological polar surface area (TPSA) is 106 Å². The number of anilines is 4. The molecule has 10 heteroatoms. The quantitative estimate of drug-likeness (QED) is 0.782. The molecule has 3 aliphatic rings. The zero-order chi connectivity index (χ0) is 19.8. The molecule has 0 atom stereocenters. The van der Waals surface area contributed by atoms with Crippen molar-refractivity contribution in [1.82, 2.24) is 30.0 Å². The summed E-state index contributed by atoms with van der Waals surface area (Å²) in [4.78, 5) is 31.9. The van der Waals surface area contributed by atoms with Gasteiger partial charge in [0.1, 0.15) is 0 Å². The molecule has 0 bridgehead atoms. The maximum absolute atomic E-state index is 11.6. The van der Waals surface area contributed by atoms with Crippen LogP contribution < -0.4 is 15.1 Å². The minimum atomic E-state index is 0.116. The fourth-order valence-corrected chi connectivity index (χ4v) is 3.95. The first-order chi connectivity index (χ1) is 14.2. The van der Waals surface area contributed by atoms with Crippen LogP contribution in [0.25, 0.3) is 0 Å². The van der Waals surface area contributed by atoms with Gasteiger partial charge >= 0.3 is 0 Å². The van der Waals surface area contributed by atoms with E-state index in [0.29, 0.717) is 36.9 Å². The molecule has 2 N–H and O–H groups in total. The highest BCUT2D eigenvalue weighted by Gasteiger charge is 2.26. The third-order valence-electron chi connectivity index (χ3n) is 5.86. The smallest absolute Gasteiger partial charge is 0.235 e. The van der Waals surface area contributed by atoms with E-state index in [1.54, 1.807) is 6.92 Å². The molecule has 0 spiro atoms. The second kappa shape index (κ2) is 7.49. The molecule has 1 saturated carbocycles. The van der Waals surface area contributed by atoms with Crippen LogP contribution in [0.3, 0.4) is 0 Å². The molecule has 2 aromatic rings. The molecule has 0 aromatic carbocycles. The third kappa shape index (κ3) is 3.96. The van der Waals surface area contributed by atoms with Gasteiger partial charge in [0.15, 0.2) is 5.82 Å². The van der Waals surface area contributed by atoms with Gasteiger partial charge in [-0.1, -0.05) is 0 Å². The molecule has 2 aliphatic heterocycles. The number of nitrogens with zero attached hydrogens (tertiary/aromatic N) is 7. The van der Waals surface area contributed by atoms with E-state index >= 15 is 0 Å². The number of hydrogen-bond acceptors (Lipinski definition) is 8. The van der Waals surface area contributed by atoms with Gasteiger partial charge in [-0.15, -0.1) is 0 Å². The Hall–Kier alpha value is -2.91. The van der Waals surface area contributed by atoms with Crippen molar-refractivity contribution in [3.05, 3.63) is 11.8 Å². The number of aromatic nitrogens is 5. The van der Waals surface area contributed by atoms with Gasteiger partial charge in [-0.05, 0) is 25.7 Å². The van der Waals surface area contributed by atoms with E-state index in [-0.39, 0.29) is 5.91 Å². The SMILES string of the molecule is CC(=O)N1CCN(c2nc(Nc3cc(C4CC4)[nH]n3)nc(N3CCCC3)n2)CC1. The molecule has 0 radical (unpaired) electrons. The summed E-state index contributed by atoms with van der Waals surface area (Å²) in [5.41, 5.74) is 1.17. The van der Waals surface area contributed by atoms with Crippen molar-refractivity contribution in [3.8, 4) is 0 Å². The number of rotatable bonds is 5. The van der Waals surface area contributed by atoms with Gasteiger partial charge in [-0.2, -0.15) is 20.1 Å². The van der Waals surface area contributed by atoms with Crippen LogP contribution in [0.4, 0.5) is 23.7 Å². The van der Waals surface area contributed by atoms with Crippen molar-refractivity contribution < 1.29 is 4.79 Å². The zero-order valence-electron chi connectivity index (χ0n) is 16.8. The number of carbonyl (C=O) groups is 1. The number of amides is 1. The summed E-state index contributed by atoms with van der Waals surface area (Å²) in [6.07, 6.45) is 4.77. The second-order valence-corrected chi connectivity index (χ2v) is 8.05. The van der Waals surface area contributed by atoms with Crippen LogP contribution in [0.15, 0.2) is 6.07 Å². The zero-order valence-corrected chi connectivity index (χ0v) is 16.8. The van der Waals surface area contributed by atoms with Crippen molar-refractivity contribution in [1.29, 1.82) is 0 Å². The highest BCUT2D eigenvalue weighted by molar-refractivity contribution is 5.73. The predicted molar refractivity (Wildman–Crippen MR) is 110 cm³/mol. The Morgan fingerprint density at radius 1 is 1.00 bits per heavy atom. The molecule has 10 nitrogen and oxygen atoms in total. The number of piperazine rings is 1. The maximum Gasteiger partial charge on any atom is 0.235 e. The molecule has 4 heterocycles. The van der Waals surface area contributed by atoms with E-state index < -0.39 is 0 Å². The lowest BCUT2D eigenvalue weighted by atomic mass is 10.3. The summed E-state index contributed by atoms with van der Waals surface area (Å²) < 4.78 is 0. The molecular formula is C19H27N9O. The lowest BCUT2D eigenvalue weighted by molar-refractivity contribution is -0.129. The summed E-state index contributed by atoms with van der Waals surface area (Å²) in [5.74, 6) is 3.35. The van der Waals surface area contributed by atoms with Crippen molar-refractivity contribution in [2.45, 2.75) is 38.5 Å². The van der Waals surface area contributed by atoms with E-state index in [4.69, 9.17) is 4.98 Å². The van der Waals surface area contributed by atoms with Crippen LogP contribution in [0.5, 0.6) is 0 Å². The molecular weight excluding hydrogens is 370 g/mol. The fraction of sp³-hybridized carbons (Fsp3) is 0.632. The van der Waals surface area contributed by atoms with Gasteiger partial charge < -0.3 is 20.0 Å². The van der Waals surface area contributed by atoms with Crippen LogP contribution in [-0.4, -0.2) is 75.2 Å². The molecule has 0 unspecified atom stereocenters. The minimum Gasteiger partial charge on any atom is -0.341 e. The standard InChI is InChI=1S/C19H27N9O/c1-13(29)26-8-10-28(11-9-26)19-22-17(21-18(23-19)27-6-2-3-7-27)20-16-12-15(24-25-16)14-4-5-14/h12,14H,2-11H2,1H3,(H2,20,21,22,23,24,25). The Bertz CT molecular complexity index is 880. The molecule has 5 rings (SSSR count). The molecule has 2 saturated heterocycles. The molecule has 2 aromatic heterocycles. The number of hydrogen-bond donors (Lipinski definition) is 2. The largest absolute Gasteiger partial charge is 0.341 e. The number of nitrogens with one attached hydrogen (secondary N) is 2. The summed E-state index contributed by atoms with van der Waals surface area (Å²) in [6, 6.07) is 2.04. The Morgan fingerprint density at radius 2 is 1.66 bits per heavy atom. The molecule has 1 amide bonds. The Kier molecular flexibility index (Phi) is 4.69. The first-order valence-corrected chi connectivity index (χ1v) is 10.5. The summed E-state index contributed by atoms with van der Waals surface area (Å²) in [7, 11) is 0. The first-order valence-electron chi connectivity index (χ1n) is 10.5. The number of aromatic amines is 1. The van der Waals surface area contributed by atoms with Gasteiger partial charge in [-0.25, -0.2) is 0 Å². The molecule has 3 fully saturated rings. The average molecular weight is 397 g/mol. The van der Waals surface area contributed by atoms with Crippen LogP contribution in [-0.2, 0) is 4.79 Å². The highest BCUT2D eigenvalue weighted by atomic mass is 16.2. The van der Waals surface area contributed by atoms with Gasteiger partial charge in [0.2, 0.25) is 23.8 Å². The number of carbonyl (C=O) groups excluding carboxylic acids is 1. The Labute approximate surface area is 169 Å². The van der Waals surface area contributed by atoms with Crippen LogP contribution in [0, 0.1) is 0 Å². The number of H-pyrrole nitrogens is 1. The Morgan fingerprint density at radius 3 is 2.28 bits per heavy atom. The molecule has 29 heavy (non-hydrogen) atoms. The Balaban J connectivity index is 1.38. The van der Waals surface area contributed by atoms with Crippen molar-refractivity contribution in [3.63, 3.8) is 0 Å². The monoisotopic (exact) mass is 397 g/mol. The van der Waals surface area contributed by atoms with Crippen LogP contribution >= 0.6 is 0 Å². The van der Waals surface area contributed by atoms with E-state index in [1.807, 2.05) is 11.0 Å². The van der Waals surface area contributed by atoms with Crippen LogP contribution in [0.1, 0.15) is 44.2 Å². The van der Waals surface area contributed by atoms with Gasteiger partial charge in [-0.3, -0.25) is 9.89 Å². The van der Waals surface area contributed by atoms with E-state index in [9.17, 15) is 4.79 Å². The second-order valence-electron chi connectivity index (χ2n) is 8.05. The normalized spacial score (nSPS) is 19.7. The van der Waals surface area contributed by atoms with E-state index in [1.165, 1.54) is 18.5 Å². The van der Waals surface area contributed by atoms with E-state index in [2.05, 4.69) is 35.3 Å². The predicted octanol–water partition coefficient (Wildman–Crippen LogP) is 1.48. The highest BCUT2D eigenvalue weighted by Crippen LogP contribution is 2.39. The van der Waals surface area contributed by atoms with Crippen molar-refractivity contribution >= 4 is 29.6 Å². The van der Waals surface area contributed by atoms with Crippen molar-refractivity contribution in [2.24, 2.45) is 0 Å². The maximum atomic E-state index is 11.6. The fourth-order valence-electron chi connectivity index (χ4n) is 3.95. The minimum absolute atomic E-state index is 0.116. The summed E-state index contributed by atoms with van der Waals surface area (Å²) >= 11 is 0. The third-order valence-corrected chi connectivity index (χ3v) is 5.86. The van der Waals surface area contributed by atoms with Gasteiger partial charge in [0, 0.05) is 63.9 Å². The van der Waals surface area contributed by atoms with Gasteiger partial charge in [0.25, 0.3) is 0 Å². The summed E-state index contributed by atoms with van der Waals surface area (Å²) in [6.45, 7) is 6.36. The molecule has 1 aliphatic carbocycles. The van der Waals surface area contributed by atoms with Crippen molar-refractivity contribution in [2.75, 3.05) is 54.4 Å². The first kappa shape index (κ1) is 18.1. The van der Waals surface area contributed by atoms with E-state index in [0.717, 1.165) is 44.8 Å². The van der Waals surface area contributed by atoms with Crippen LogP contribution in [0.2, 0.25) is 0 Å². The lowest BCUT2D eigenvalue weighted by Crippen LogP contribution is -2.48.